The molecule has 3 aromatic rings. The number of halogens is 2. The Labute approximate surface area is 219 Å². The van der Waals surface area contributed by atoms with Gasteiger partial charge < -0.3 is 20.3 Å². The normalized spacial score (nSPS) is 11.5. The molecule has 0 saturated carbocycles. The van der Waals surface area contributed by atoms with Crippen molar-refractivity contribution in [2.45, 2.75) is 25.4 Å². The number of aromatic nitrogens is 1. The van der Waals surface area contributed by atoms with Crippen LogP contribution < -0.4 is 16.0 Å². The van der Waals surface area contributed by atoms with Crippen molar-refractivity contribution in [3.63, 3.8) is 0 Å². The van der Waals surface area contributed by atoms with E-state index in [0.29, 0.717) is 11.4 Å². The van der Waals surface area contributed by atoms with Crippen LogP contribution in [0, 0.1) is 12.7 Å². The third kappa shape index (κ3) is 8.04. The lowest BCUT2D eigenvalue weighted by atomic mass is 10.1. The second kappa shape index (κ2) is 13.4. The lowest BCUT2D eigenvalue weighted by Gasteiger charge is -2.28. The number of hydrogen-bond donors (Lipinski definition) is 3. The first kappa shape index (κ1) is 27.7. The van der Waals surface area contributed by atoms with Crippen molar-refractivity contribution in [2.75, 3.05) is 25.5 Å². The van der Waals surface area contributed by atoms with E-state index in [-0.39, 0.29) is 43.5 Å². The summed E-state index contributed by atoms with van der Waals surface area (Å²) >= 11 is 5.96. The van der Waals surface area contributed by atoms with Crippen molar-refractivity contribution >= 4 is 46.2 Å². The maximum absolute atomic E-state index is 13.7. The predicted molar refractivity (Wildman–Crippen MR) is 140 cm³/mol. The summed E-state index contributed by atoms with van der Waals surface area (Å²) in [4.78, 5) is 42.7. The van der Waals surface area contributed by atoms with Crippen LogP contribution in [0.4, 0.5) is 19.8 Å². The Hall–Kier alpha value is -3.92. The highest BCUT2D eigenvalue weighted by Crippen LogP contribution is 2.20. The Morgan fingerprint density at radius 1 is 1.14 bits per heavy atom. The van der Waals surface area contributed by atoms with Gasteiger partial charge in [0.05, 0.1) is 11.1 Å². The van der Waals surface area contributed by atoms with E-state index < -0.39 is 24.0 Å². The molecule has 4 amide bonds. The fourth-order valence-corrected chi connectivity index (χ4v) is 3.72. The van der Waals surface area contributed by atoms with Crippen molar-refractivity contribution in [1.29, 1.82) is 0 Å². The van der Waals surface area contributed by atoms with Gasteiger partial charge in [0.15, 0.2) is 0 Å². The number of fused-ring (bicyclic) bond motifs is 1. The average Bonchev–Trinajstić information content (AvgIpc) is 2.89. The van der Waals surface area contributed by atoms with Gasteiger partial charge in [0.25, 0.3) is 0 Å². The standard InChI is InChI=1S/C26H28ClFN5O4/c1-3-29-23(34)12-11-20(33(2)25(35)31-15-19-9-6-10-21(28)24(19)27)16-37-26(36)32-22-13-17-7-4-5-8-18(17)14-30-22/h4-10,13-14,20H,1,3,11-12,15-16H2,2H3,(H,29,34)(H,31,35)(H,30,32,36)/t20-/m0/s1. The maximum atomic E-state index is 13.7. The van der Waals surface area contributed by atoms with Crippen molar-refractivity contribution < 1.29 is 23.5 Å². The van der Waals surface area contributed by atoms with Gasteiger partial charge in [-0.25, -0.2) is 19.0 Å². The summed E-state index contributed by atoms with van der Waals surface area (Å²) in [6.07, 6.45) is 1.19. The van der Waals surface area contributed by atoms with E-state index in [9.17, 15) is 18.8 Å². The smallest absolute Gasteiger partial charge is 0.412 e. The number of carbonyl (C=O) groups excluding carboxylic acids is 3. The van der Waals surface area contributed by atoms with E-state index in [1.807, 2.05) is 24.3 Å². The van der Waals surface area contributed by atoms with E-state index in [2.05, 4.69) is 27.9 Å². The molecule has 3 rings (SSSR count). The summed E-state index contributed by atoms with van der Waals surface area (Å²) in [5.74, 6) is -0.519. The number of hydrogen-bond acceptors (Lipinski definition) is 5. The molecule has 2 aromatic carbocycles. The van der Waals surface area contributed by atoms with Gasteiger partial charge in [0, 0.05) is 38.1 Å². The molecule has 1 aromatic heterocycles. The summed E-state index contributed by atoms with van der Waals surface area (Å²) in [6.45, 7) is 3.61. The fraction of sp³-hybridized carbons (Fsp3) is 0.269. The highest BCUT2D eigenvalue weighted by Gasteiger charge is 2.23. The molecule has 0 saturated heterocycles. The van der Waals surface area contributed by atoms with Crippen molar-refractivity contribution in [1.82, 2.24) is 20.5 Å². The summed E-state index contributed by atoms with van der Waals surface area (Å²) in [7, 11) is 1.51. The molecule has 195 valence electrons. The number of urea groups is 1. The molecule has 0 bridgehead atoms. The largest absolute Gasteiger partial charge is 0.447 e. The highest BCUT2D eigenvalue weighted by atomic mass is 35.5. The molecule has 1 atom stereocenters. The molecular weight excluding hydrogens is 501 g/mol. The fourth-order valence-electron chi connectivity index (χ4n) is 3.53. The van der Waals surface area contributed by atoms with Crippen LogP contribution >= 0.6 is 11.6 Å². The van der Waals surface area contributed by atoms with Crippen molar-refractivity contribution in [3.8, 4) is 0 Å². The monoisotopic (exact) mass is 528 g/mol. The van der Waals surface area contributed by atoms with Crippen molar-refractivity contribution in [3.05, 3.63) is 78.1 Å². The number of likely N-dealkylation sites (N-methyl/N-ethyl adjacent to an activating group) is 1. The van der Waals surface area contributed by atoms with Gasteiger partial charge in [-0.1, -0.05) is 48.0 Å². The molecule has 3 N–H and O–H groups in total. The average molecular weight is 529 g/mol. The van der Waals surface area contributed by atoms with Gasteiger partial charge in [-0.2, -0.15) is 0 Å². The zero-order valence-electron chi connectivity index (χ0n) is 20.3. The number of pyridine rings is 1. The quantitative estimate of drug-likeness (QED) is 0.358. The van der Waals surface area contributed by atoms with E-state index in [1.54, 1.807) is 18.3 Å². The van der Waals surface area contributed by atoms with Crippen LogP contribution in [0.3, 0.4) is 0 Å². The molecule has 0 unspecified atom stereocenters. The lowest BCUT2D eigenvalue weighted by molar-refractivity contribution is -0.121. The van der Waals surface area contributed by atoms with Crippen LogP contribution in [0.25, 0.3) is 10.8 Å². The molecule has 37 heavy (non-hydrogen) atoms. The van der Waals surface area contributed by atoms with E-state index in [1.165, 1.54) is 24.1 Å². The van der Waals surface area contributed by atoms with Crippen LogP contribution in [0.15, 0.2) is 54.7 Å². The van der Waals surface area contributed by atoms with Crippen LogP contribution in [0.1, 0.15) is 18.4 Å². The molecule has 0 fully saturated rings. The minimum absolute atomic E-state index is 0.0105. The van der Waals surface area contributed by atoms with Gasteiger partial charge >= 0.3 is 12.1 Å². The van der Waals surface area contributed by atoms with Crippen LogP contribution in [0.2, 0.25) is 5.02 Å². The Bertz CT molecular complexity index is 1260. The van der Waals surface area contributed by atoms with E-state index in [4.69, 9.17) is 16.3 Å². The zero-order chi connectivity index (χ0) is 26.8. The minimum Gasteiger partial charge on any atom is -0.447 e. The van der Waals surface area contributed by atoms with Crippen LogP contribution in [0.5, 0.6) is 0 Å². The number of benzene rings is 2. The molecule has 11 heteroatoms. The first-order valence-corrected chi connectivity index (χ1v) is 11.9. The molecule has 0 aliphatic heterocycles. The van der Waals surface area contributed by atoms with E-state index >= 15 is 0 Å². The summed E-state index contributed by atoms with van der Waals surface area (Å²) in [5.41, 5.74) is 0.410. The van der Waals surface area contributed by atoms with Crippen LogP contribution in [-0.2, 0) is 16.1 Å². The third-order valence-corrected chi connectivity index (χ3v) is 6.05. The van der Waals surface area contributed by atoms with Gasteiger partial charge in [-0.15, -0.1) is 0 Å². The third-order valence-electron chi connectivity index (χ3n) is 5.62. The maximum Gasteiger partial charge on any atom is 0.412 e. The molecule has 9 nitrogen and oxygen atoms in total. The Morgan fingerprint density at radius 2 is 1.89 bits per heavy atom. The predicted octanol–water partition coefficient (Wildman–Crippen LogP) is 4.52. The number of nitrogens with zero attached hydrogens (tertiary/aromatic N) is 2. The number of rotatable bonds is 10. The lowest BCUT2D eigenvalue weighted by Crippen LogP contribution is -2.46. The summed E-state index contributed by atoms with van der Waals surface area (Å²) in [6, 6.07) is 12.5. The first-order chi connectivity index (χ1) is 17.8. The number of carbonyl (C=O) groups is 3. The first-order valence-electron chi connectivity index (χ1n) is 11.6. The Morgan fingerprint density at radius 3 is 2.65 bits per heavy atom. The Kier molecular flexibility index (Phi) is 10.0. The van der Waals surface area contributed by atoms with Crippen LogP contribution in [-0.4, -0.2) is 54.2 Å². The zero-order valence-corrected chi connectivity index (χ0v) is 21.1. The highest BCUT2D eigenvalue weighted by molar-refractivity contribution is 6.31. The summed E-state index contributed by atoms with van der Waals surface area (Å²) in [5, 5.41) is 9.58. The molecule has 1 radical (unpaired) electrons. The minimum atomic E-state index is -0.754. The number of ether oxygens (including phenoxy) is 1. The van der Waals surface area contributed by atoms with Gasteiger partial charge in [0.2, 0.25) is 5.91 Å². The number of nitrogens with one attached hydrogen (secondary N) is 3. The second-order valence-corrected chi connectivity index (χ2v) is 8.54. The summed E-state index contributed by atoms with van der Waals surface area (Å²) < 4.78 is 19.0. The molecule has 0 aliphatic carbocycles. The second-order valence-electron chi connectivity index (χ2n) is 8.17. The van der Waals surface area contributed by atoms with Crippen molar-refractivity contribution in [2.24, 2.45) is 0 Å². The molecular formula is C26H28ClFN5O4. The van der Waals surface area contributed by atoms with E-state index in [0.717, 1.165) is 10.8 Å². The Balaban J connectivity index is 1.61. The number of amides is 4. The van der Waals surface area contributed by atoms with Gasteiger partial charge in [0.1, 0.15) is 18.2 Å². The molecule has 1 heterocycles. The van der Waals surface area contributed by atoms with Gasteiger partial charge in [-0.3, -0.25) is 10.1 Å². The molecule has 0 spiro atoms. The van der Waals surface area contributed by atoms with Gasteiger partial charge in [-0.05, 0) is 36.4 Å². The number of anilines is 1. The molecule has 0 aliphatic rings. The topological polar surface area (TPSA) is 113 Å². The SMILES string of the molecule is [CH2]CNC(=O)CC[C@@H](COC(=O)Nc1cc2ccccc2cn1)N(C)C(=O)NCc1cccc(F)c1Cl.